The average molecular weight is 231 g/mol. The Labute approximate surface area is 95.0 Å². The highest BCUT2D eigenvalue weighted by atomic mass is 19.3. The molecule has 0 aromatic heterocycles. The molecule has 3 nitrogen and oxygen atoms in total. The predicted molar refractivity (Wildman–Crippen MR) is 61.9 cm³/mol. The van der Waals surface area contributed by atoms with E-state index in [0.29, 0.717) is 13.1 Å². The van der Waals surface area contributed by atoms with Gasteiger partial charge in [0.05, 0.1) is 12.3 Å². The van der Waals surface area contributed by atoms with E-state index in [0.717, 1.165) is 19.0 Å². The zero-order valence-corrected chi connectivity index (χ0v) is 9.63. The van der Waals surface area contributed by atoms with Crippen molar-refractivity contribution >= 4 is 5.71 Å². The molecule has 1 rings (SSSR count). The summed E-state index contributed by atoms with van der Waals surface area (Å²) in [5, 5.41) is 0. The van der Waals surface area contributed by atoms with E-state index in [1.807, 2.05) is 0 Å². The molecule has 0 spiro atoms. The van der Waals surface area contributed by atoms with Crippen molar-refractivity contribution in [3.8, 4) is 0 Å². The van der Waals surface area contributed by atoms with E-state index in [4.69, 9.17) is 5.73 Å². The van der Waals surface area contributed by atoms with Crippen LogP contribution in [-0.4, -0.2) is 42.2 Å². The molecule has 0 aliphatic carbocycles. The van der Waals surface area contributed by atoms with Crippen LogP contribution in [-0.2, 0) is 0 Å². The quantitative estimate of drug-likeness (QED) is 0.747. The first-order valence-corrected chi connectivity index (χ1v) is 5.47. The van der Waals surface area contributed by atoms with Gasteiger partial charge in [-0.1, -0.05) is 6.58 Å². The molecule has 0 bridgehead atoms. The zero-order chi connectivity index (χ0) is 12.2. The topological polar surface area (TPSA) is 41.6 Å². The molecule has 5 heteroatoms. The van der Waals surface area contributed by atoms with Crippen LogP contribution in [0.4, 0.5) is 8.78 Å². The molecule has 1 aliphatic heterocycles. The van der Waals surface area contributed by atoms with Crippen molar-refractivity contribution < 1.29 is 8.78 Å². The molecule has 1 saturated heterocycles. The number of halogens is 2. The lowest BCUT2D eigenvalue weighted by Gasteiger charge is -2.32. The van der Waals surface area contributed by atoms with Crippen LogP contribution in [0.1, 0.15) is 19.8 Å². The summed E-state index contributed by atoms with van der Waals surface area (Å²) in [5.74, 6) is -2.88. The van der Waals surface area contributed by atoms with Crippen molar-refractivity contribution in [1.82, 2.24) is 4.90 Å². The Morgan fingerprint density at radius 2 is 2.12 bits per heavy atom. The normalized spacial score (nSPS) is 21.1. The van der Waals surface area contributed by atoms with Gasteiger partial charge in [0.2, 0.25) is 0 Å². The van der Waals surface area contributed by atoms with Gasteiger partial charge in [-0.2, -0.15) is 8.78 Å². The highest BCUT2D eigenvalue weighted by Gasteiger charge is 2.35. The summed E-state index contributed by atoms with van der Waals surface area (Å²) < 4.78 is 27.3. The minimum Gasteiger partial charge on any atom is -0.328 e. The number of nitrogens with two attached hydrogens (primary N) is 1. The Morgan fingerprint density at radius 1 is 1.56 bits per heavy atom. The molecular formula is C11H19F2N3. The van der Waals surface area contributed by atoms with Gasteiger partial charge in [0.25, 0.3) is 5.92 Å². The molecule has 0 radical (unpaired) electrons. The number of nitrogens with zero attached hydrogens (tertiary/aromatic N) is 2. The highest BCUT2D eigenvalue weighted by molar-refractivity contribution is 5.89. The SMILES string of the molecule is C=C/N=C(\C)C(F)(F)CN1CCC(N)CC1. The monoisotopic (exact) mass is 231 g/mol. The van der Waals surface area contributed by atoms with Gasteiger partial charge in [0.1, 0.15) is 0 Å². The molecule has 0 atom stereocenters. The molecule has 0 aromatic rings. The van der Waals surface area contributed by atoms with Crippen molar-refractivity contribution in [2.24, 2.45) is 10.7 Å². The summed E-state index contributed by atoms with van der Waals surface area (Å²) in [6.45, 7) is 5.65. The third-order valence-electron chi connectivity index (χ3n) is 2.87. The van der Waals surface area contributed by atoms with Gasteiger partial charge in [-0.05, 0) is 32.9 Å². The first kappa shape index (κ1) is 13.3. The van der Waals surface area contributed by atoms with Crippen molar-refractivity contribution in [1.29, 1.82) is 0 Å². The fourth-order valence-electron chi connectivity index (χ4n) is 1.74. The summed E-state index contributed by atoms with van der Waals surface area (Å²) >= 11 is 0. The van der Waals surface area contributed by atoms with Gasteiger partial charge >= 0.3 is 0 Å². The number of likely N-dealkylation sites (tertiary alicyclic amines) is 1. The van der Waals surface area contributed by atoms with Crippen LogP contribution in [0.15, 0.2) is 17.8 Å². The van der Waals surface area contributed by atoms with Crippen molar-refractivity contribution in [3.63, 3.8) is 0 Å². The Kier molecular flexibility index (Phi) is 4.56. The minimum atomic E-state index is -2.88. The van der Waals surface area contributed by atoms with E-state index in [2.05, 4.69) is 11.6 Å². The molecule has 0 saturated carbocycles. The van der Waals surface area contributed by atoms with Crippen LogP contribution in [0.3, 0.4) is 0 Å². The molecule has 16 heavy (non-hydrogen) atoms. The molecule has 2 N–H and O–H groups in total. The maximum Gasteiger partial charge on any atom is 0.298 e. The molecule has 92 valence electrons. The minimum absolute atomic E-state index is 0.160. The van der Waals surface area contributed by atoms with E-state index < -0.39 is 5.92 Å². The van der Waals surface area contributed by atoms with Gasteiger partial charge in [-0.15, -0.1) is 0 Å². The molecule has 0 aromatic carbocycles. The van der Waals surface area contributed by atoms with Crippen LogP contribution < -0.4 is 5.73 Å². The van der Waals surface area contributed by atoms with E-state index in [1.165, 1.54) is 6.92 Å². The number of aliphatic imine (C=N–C) groups is 1. The van der Waals surface area contributed by atoms with Gasteiger partial charge in [0.15, 0.2) is 0 Å². The van der Waals surface area contributed by atoms with Crippen molar-refractivity contribution in [2.45, 2.75) is 31.7 Å². The Morgan fingerprint density at radius 3 is 2.62 bits per heavy atom. The molecule has 1 aliphatic rings. The third-order valence-corrected chi connectivity index (χ3v) is 2.87. The summed E-state index contributed by atoms with van der Waals surface area (Å²) in [7, 11) is 0. The number of piperidine rings is 1. The lowest BCUT2D eigenvalue weighted by Crippen LogP contribution is -2.47. The number of alkyl halides is 2. The number of hydrogen-bond acceptors (Lipinski definition) is 3. The van der Waals surface area contributed by atoms with Crippen LogP contribution >= 0.6 is 0 Å². The second kappa shape index (κ2) is 5.50. The Bertz CT molecular complexity index is 268. The second-order valence-corrected chi connectivity index (χ2v) is 4.22. The van der Waals surface area contributed by atoms with Crippen molar-refractivity contribution in [3.05, 3.63) is 12.8 Å². The molecule has 1 heterocycles. The summed E-state index contributed by atoms with van der Waals surface area (Å²) in [6, 6.07) is 0.160. The second-order valence-electron chi connectivity index (χ2n) is 4.22. The molecule has 0 amide bonds. The van der Waals surface area contributed by atoms with Crippen LogP contribution in [0.2, 0.25) is 0 Å². The van der Waals surface area contributed by atoms with Crippen LogP contribution in [0, 0.1) is 0 Å². The Balaban J connectivity index is 2.52. The predicted octanol–water partition coefficient (Wildman–Crippen LogP) is 1.65. The number of rotatable bonds is 4. The van der Waals surface area contributed by atoms with Gasteiger partial charge < -0.3 is 5.73 Å². The summed E-state index contributed by atoms with van der Waals surface area (Å²) in [4.78, 5) is 5.30. The fraction of sp³-hybridized carbons (Fsp3) is 0.727. The highest BCUT2D eigenvalue weighted by Crippen LogP contribution is 2.20. The molecular weight excluding hydrogens is 212 g/mol. The third kappa shape index (κ3) is 3.64. The van der Waals surface area contributed by atoms with E-state index in [1.54, 1.807) is 4.90 Å². The maximum atomic E-state index is 13.6. The van der Waals surface area contributed by atoms with Crippen LogP contribution in [0.25, 0.3) is 0 Å². The van der Waals surface area contributed by atoms with Gasteiger partial charge in [-0.25, -0.2) is 0 Å². The maximum absolute atomic E-state index is 13.6. The largest absolute Gasteiger partial charge is 0.328 e. The lowest BCUT2D eigenvalue weighted by atomic mass is 10.1. The molecule has 0 unspecified atom stereocenters. The zero-order valence-electron chi connectivity index (χ0n) is 9.63. The smallest absolute Gasteiger partial charge is 0.298 e. The Hall–Kier alpha value is -0.810. The van der Waals surface area contributed by atoms with E-state index in [-0.39, 0.29) is 18.3 Å². The number of hydrogen-bond donors (Lipinski definition) is 1. The lowest BCUT2D eigenvalue weighted by molar-refractivity contribution is 0.0241. The first-order chi connectivity index (χ1) is 7.45. The van der Waals surface area contributed by atoms with E-state index >= 15 is 0 Å². The first-order valence-electron chi connectivity index (χ1n) is 5.47. The van der Waals surface area contributed by atoms with E-state index in [9.17, 15) is 8.78 Å². The molecule has 1 fully saturated rings. The fourth-order valence-corrected chi connectivity index (χ4v) is 1.74. The van der Waals surface area contributed by atoms with Crippen molar-refractivity contribution in [2.75, 3.05) is 19.6 Å². The standard InChI is InChI=1S/C11H19F2N3/c1-3-15-9(2)11(12,13)8-16-6-4-10(14)5-7-16/h3,10H,1,4-8,14H2,2H3/b15-9+. The van der Waals surface area contributed by atoms with Crippen LogP contribution in [0.5, 0.6) is 0 Å². The van der Waals surface area contributed by atoms with Gasteiger partial charge in [0, 0.05) is 12.2 Å². The van der Waals surface area contributed by atoms with Gasteiger partial charge in [-0.3, -0.25) is 9.89 Å². The average Bonchev–Trinajstić information content (AvgIpc) is 2.21. The summed E-state index contributed by atoms with van der Waals surface area (Å²) in [6.07, 6.45) is 2.72. The summed E-state index contributed by atoms with van der Waals surface area (Å²) in [5.41, 5.74) is 5.53.